The number of ether oxygens (including phenoxy) is 1. The van der Waals surface area contributed by atoms with Gasteiger partial charge in [-0.1, -0.05) is 45.0 Å². The Kier molecular flexibility index (Phi) is 6.81. The molecule has 0 saturated carbocycles. The van der Waals surface area contributed by atoms with Gasteiger partial charge in [-0.05, 0) is 28.7 Å². The van der Waals surface area contributed by atoms with Gasteiger partial charge >= 0.3 is 6.18 Å². The molecule has 2 aromatic heterocycles. The lowest BCUT2D eigenvalue weighted by Gasteiger charge is -2.19. The number of hydrogen-bond donors (Lipinski definition) is 2. The fraction of sp³-hybridized carbons (Fsp3) is 0.364. The number of alkyl halides is 3. The molecule has 170 valence electrons. The Bertz CT molecular complexity index is 1010. The van der Waals surface area contributed by atoms with Crippen molar-refractivity contribution in [3.8, 4) is 5.75 Å². The summed E-state index contributed by atoms with van der Waals surface area (Å²) in [5.74, 6) is -0.295. The summed E-state index contributed by atoms with van der Waals surface area (Å²) < 4.78 is 41.7. The summed E-state index contributed by atoms with van der Waals surface area (Å²) in [6.07, 6.45) is -1.68. The molecule has 0 spiro atoms. The molecule has 0 unspecified atom stereocenters. The van der Waals surface area contributed by atoms with E-state index in [4.69, 9.17) is 0 Å². The molecule has 3 aromatic rings. The Morgan fingerprint density at radius 3 is 2.31 bits per heavy atom. The van der Waals surface area contributed by atoms with Crippen LogP contribution >= 0.6 is 0 Å². The maximum absolute atomic E-state index is 12.7. The number of aromatic amines is 1. The van der Waals surface area contributed by atoms with E-state index in [1.807, 2.05) is 24.3 Å². The van der Waals surface area contributed by atoms with Crippen LogP contribution in [0.2, 0.25) is 0 Å². The van der Waals surface area contributed by atoms with Crippen LogP contribution in [0.1, 0.15) is 49.3 Å². The zero-order valence-electron chi connectivity index (χ0n) is 17.9. The molecule has 2 heterocycles. The quantitative estimate of drug-likeness (QED) is 0.573. The van der Waals surface area contributed by atoms with Crippen LogP contribution < -0.4 is 10.1 Å². The molecule has 0 radical (unpaired) electrons. The zero-order chi connectivity index (χ0) is 23.4. The normalized spacial score (nSPS) is 12.9. The summed E-state index contributed by atoms with van der Waals surface area (Å²) >= 11 is 0. The molecule has 1 aromatic carbocycles. The molecule has 0 bridgehead atoms. The standard InChI is InChI=1S/C22H24F3N5O2/c1-21(2,3)15-6-4-14(5-7-15)10-19(31)28-20(18-12-27-30-29-18)17-9-8-16(11-26-17)32-13-22(23,24)25/h4-9,11-12,20H,10,13H2,1-3H3,(H,28,31)(H,27,29,30)/t20-/m0/s1. The lowest BCUT2D eigenvalue weighted by Crippen LogP contribution is -2.31. The number of nitrogens with one attached hydrogen (secondary N) is 2. The van der Waals surface area contributed by atoms with Crippen molar-refractivity contribution >= 4 is 5.91 Å². The molecule has 32 heavy (non-hydrogen) atoms. The van der Waals surface area contributed by atoms with E-state index in [9.17, 15) is 18.0 Å². The first-order valence-electron chi connectivity index (χ1n) is 9.91. The molecule has 0 saturated heterocycles. The molecular formula is C22H24F3N5O2. The van der Waals surface area contributed by atoms with Gasteiger partial charge in [-0.15, -0.1) is 0 Å². The minimum Gasteiger partial charge on any atom is -0.483 e. The predicted octanol–water partition coefficient (Wildman–Crippen LogP) is 3.89. The summed E-state index contributed by atoms with van der Waals surface area (Å²) in [5.41, 5.74) is 2.82. The number of H-pyrrole nitrogens is 1. The SMILES string of the molecule is CC(C)(C)c1ccc(CC(=O)N[C@@H](c2ccc(OCC(F)(F)F)cn2)c2cn[nH]n2)cc1. The van der Waals surface area contributed by atoms with E-state index >= 15 is 0 Å². The number of amides is 1. The predicted molar refractivity (Wildman–Crippen MR) is 111 cm³/mol. The minimum absolute atomic E-state index is 0.0144. The average Bonchev–Trinajstić information content (AvgIpc) is 3.25. The fourth-order valence-corrected chi connectivity index (χ4v) is 2.98. The van der Waals surface area contributed by atoms with E-state index in [0.717, 1.165) is 5.56 Å². The second kappa shape index (κ2) is 9.37. The zero-order valence-corrected chi connectivity index (χ0v) is 17.9. The number of hydrogen-bond acceptors (Lipinski definition) is 5. The number of nitrogens with zero attached hydrogens (tertiary/aromatic N) is 3. The van der Waals surface area contributed by atoms with Crippen molar-refractivity contribution < 1.29 is 22.7 Å². The lowest BCUT2D eigenvalue weighted by atomic mass is 9.86. The van der Waals surface area contributed by atoms with E-state index in [-0.39, 0.29) is 23.5 Å². The highest BCUT2D eigenvalue weighted by Gasteiger charge is 2.28. The van der Waals surface area contributed by atoms with E-state index < -0.39 is 18.8 Å². The fourth-order valence-electron chi connectivity index (χ4n) is 2.98. The van der Waals surface area contributed by atoms with Crippen LogP contribution in [0.4, 0.5) is 13.2 Å². The molecule has 0 aliphatic heterocycles. The largest absolute Gasteiger partial charge is 0.483 e. The van der Waals surface area contributed by atoms with Gasteiger partial charge in [0, 0.05) is 0 Å². The number of rotatable bonds is 7. The van der Waals surface area contributed by atoms with Crippen LogP contribution in [-0.2, 0) is 16.6 Å². The van der Waals surface area contributed by atoms with Crippen molar-refractivity contribution in [2.75, 3.05) is 6.61 Å². The summed E-state index contributed by atoms with van der Waals surface area (Å²) in [7, 11) is 0. The number of aromatic nitrogens is 4. The monoisotopic (exact) mass is 447 g/mol. The minimum atomic E-state index is -4.44. The maximum atomic E-state index is 12.7. The van der Waals surface area contributed by atoms with Crippen molar-refractivity contribution in [1.29, 1.82) is 0 Å². The van der Waals surface area contributed by atoms with Gasteiger partial charge in [0.1, 0.15) is 17.5 Å². The van der Waals surface area contributed by atoms with E-state index in [0.29, 0.717) is 11.4 Å². The van der Waals surface area contributed by atoms with Gasteiger partial charge in [-0.25, -0.2) is 0 Å². The van der Waals surface area contributed by atoms with Crippen molar-refractivity contribution in [3.63, 3.8) is 0 Å². The van der Waals surface area contributed by atoms with Crippen molar-refractivity contribution in [3.05, 3.63) is 71.3 Å². The van der Waals surface area contributed by atoms with Gasteiger partial charge in [0.05, 0.1) is 24.5 Å². The summed E-state index contributed by atoms with van der Waals surface area (Å²) in [4.78, 5) is 16.9. The number of pyridine rings is 1. The Hall–Kier alpha value is -3.43. The first kappa shape index (κ1) is 23.2. The van der Waals surface area contributed by atoms with Crippen LogP contribution in [-0.4, -0.2) is 39.1 Å². The third-order valence-corrected chi connectivity index (χ3v) is 4.68. The molecule has 10 heteroatoms. The van der Waals surface area contributed by atoms with Gasteiger partial charge in [-0.2, -0.15) is 28.6 Å². The maximum Gasteiger partial charge on any atom is 0.422 e. The first-order valence-corrected chi connectivity index (χ1v) is 9.91. The first-order chi connectivity index (χ1) is 15.0. The molecule has 7 nitrogen and oxygen atoms in total. The lowest BCUT2D eigenvalue weighted by molar-refractivity contribution is -0.153. The highest BCUT2D eigenvalue weighted by Crippen LogP contribution is 2.24. The van der Waals surface area contributed by atoms with E-state index in [1.54, 1.807) is 0 Å². The highest BCUT2D eigenvalue weighted by molar-refractivity contribution is 5.79. The summed E-state index contributed by atoms with van der Waals surface area (Å²) in [6, 6.07) is 9.93. The molecular weight excluding hydrogens is 423 g/mol. The smallest absolute Gasteiger partial charge is 0.422 e. The molecule has 0 fully saturated rings. The molecule has 1 atom stereocenters. The van der Waals surface area contributed by atoms with Crippen LogP contribution in [0.3, 0.4) is 0 Å². The second-order valence-corrected chi connectivity index (χ2v) is 8.34. The Labute approximate surface area is 183 Å². The van der Waals surface area contributed by atoms with Crippen molar-refractivity contribution in [1.82, 2.24) is 25.7 Å². The molecule has 2 N–H and O–H groups in total. The third kappa shape index (κ3) is 6.53. The number of halogens is 3. The summed E-state index contributed by atoms with van der Waals surface area (Å²) in [6.45, 7) is 4.93. The van der Waals surface area contributed by atoms with Crippen LogP contribution in [0, 0.1) is 0 Å². The van der Waals surface area contributed by atoms with Gasteiger partial charge < -0.3 is 10.1 Å². The average molecular weight is 447 g/mol. The number of carbonyl (C=O) groups is 1. The van der Waals surface area contributed by atoms with Crippen molar-refractivity contribution in [2.24, 2.45) is 0 Å². The van der Waals surface area contributed by atoms with Gasteiger partial charge in [0.25, 0.3) is 0 Å². The molecule has 0 aliphatic carbocycles. The highest BCUT2D eigenvalue weighted by atomic mass is 19.4. The van der Waals surface area contributed by atoms with Gasteiger partial charge in [0.2, 0.25) is 5.91 Å². The van der Waals surface area contributed by atoms with E-state index in [1.165, 1.54) is 30.1 Å². The number of benzene rings is 1. The molecule has 3 rings (SSSR count). The topological polar surface area (TPSA) is 92.8 Å². The van der Waals surface area contributed by atoms with Gasteiger partial charge in [-0.3, -0.25) is 9.78 Å². The van der Waals surface area contributed by atoms with E-state index in [2.05, 4.69) is 51.2 Å². The third-order valence-electron chi connectivity index (χ3n) is 4.68. The molecule has 0 aliphatic rings. The number of carbonyl (C=O) groups excluding carboxylic acids is 1. The Balaban J connectivity index is 1.71. The Morgan fingerprint density at radius 1 is 1.06 bits per heavy atom. The van der Waals surface area contributed by atoms with Gasteiger partial charge in [0.15, 0.2) is 6.61 Å². The second-order valence-electron chi connectivity index (χ2n) is 8.34. The van der Waals surface area contributed by atoms with Crippen molar-refractivity contribution in [2.45, 2.75) is 44.8 Å². The van der Waals surface area contributed by atoms with Crippen LogP contribution in [0.25, 0.3) is 0 Å². The Morgan fingerprint density at radius 2 is 1.78 bits per heavy atom. The molecule has 1 amide bonds. The van der Waals surface area contributed by atoms with Crippen LogP contribution in [0.5, 0.6) is 5.75 Å². The summed E-state index contributed by atoms with van der Waals surface area (Å²) in [5, 5.41) is 13.1. The van der Waals surface area contributed by atoms with Crippen LogP contribution in [0.15, 0.2) is 48.8 Å².